The van der Waals surface area contributed by atoms with Crippen molar-refractivity contribution in [1.29, 1.82) is 0 Å². The Balaban J connectivity index is 2.54. The molecule has 1 N–H and O–H groups in total. The molecule has 0 bridgehead atoms. The largest absolute Gasteiger partial charge is 0.391 e. The van der Waals surface area contributed by atoms with Crippen LogP contribution in [-0.4, -0.2) is 28.7 Å². The number of anilines is 1. The van der Waals surface area contributed by atoms with E-state index >= 15 is 0 Å². The highest BCUT2D eigenvalue weighted by atomic mass is 35.5. The van der Waals surface area contributed by atoms with Crippen LogP contribution in [0, 0.1) is 0 Å². The van der Waals surface area contributed by atoms with Gasteiger partial charge in [-0.05, 0) is 0 Å². The number of rotatable bonds is 5. The van der Waals surface area contributed by atoms with Crippen LogP contribution < -0.4 is 4.90 Å². The summed E-state index contributed by atoms with van der Waals surface area (Å²) in [5, 5.41) is 9.73. The monoisotopic (exact) mass is 289 g/mol. The molecule has 20 heavy (non-hydrogen) atoms. The van der Waals surface area contributed by atoms with E-state index in [1.165, 1.54) is 0 Å². The average Bonchev–Trinajstić information content (AvgIpc) is 2.47. The highest BCUT2D eigenvalue weighted by Gasteiger charge is 2.16. The Morgan fingerprint density at radius 3 is 2.60 bits per heavy atom. The van der Waals surface area contributed by atoms with Crippen molar-refractivity contribution in [2.45, 2.75) is 6.61 Å². The van der Waals surface area contributed by atoms with Crippen molar-refractivity contribution in [1.82, 2.24) is 9.97 Å². The summed E-state index contributed by atoms with van der Waals surface area (Å²) in [6, 6.07) is 9.60. The molecule has 0 saturated heterocycles. The van der Waals surface area contributed by atoms with Crippen molar-refractivity contribution in [3.05, 3.63) is 53.7 Å². The van der Waals surface area contributed by atoms with E-state index in [0.29, 0.717) is 23.8 Å². The maximum atomic E-state index is 9.46. The molecule has 0 amide bonds. The van der Waals surface area contributed by atoms with Gasteiger partial charge in [0.2, 0.25) is 0 Å². The van der Waals surface area contributed by atoms with Gasteiger partial charge in [-0.1, -0.05) is 48.0 Å². The first-order valence-corrected chi connectivity index (χ1v) is 6.60. The highest BCUT2D eigenvalue weighted by molar-refractivity contribution is 6.30. The van der Waals surface area contributed by atoms with Gasteiger partial charge in [-0.25, -0.2) is 9.97 Å². The summed E-state index contributed by atoms with van der Waals surface area (Å²) in [7, 11) is 1.87. The number of hydrogen-bond acceptors (Lipinski definition) is 4. The minimum Gasteiger partial charge on any atom is -0.391 e. The lowest BCUT2D eigenvalue weighted by atomic mass is 10.2. The minimum atomic E-state index is -0.204. The lowest BCUT2D eigenvalue weighted by molar-refractivity contribution is 0.281. The molecule has 2 aromatic rings. The van der Waals surface area contributed by atoms with Crippen molar-refractivity contribution in [3.63, 3.8) is 0 Å². The molecule has 4 nitrogen and oxygen atoms in total. The van der Waals surface area contributed by atoms with E-state index in [4.69, 9.17) is 11.6 Å². The molecule has 0 aliphatic rings. The zero-order valence-corrected chi connectivity index (χ0v) is 12.0. The summed E-state index contributed by atoms with van der Waals surface area (Å²) < 4.78 is 0. The van der Waals surface area contributed by atoms with Gasteiger partial charge in [0.25, 0.3) is 0 Å². The summed E-state index contributed by atoms with van der Waals surface area (Å²) in [4.78, 5) is 10.6. The average molecular weight is 290 g/mol. The maximum absolute atomic E-state index is 9.46. The number of hydrogen-bond donors (Lipinski definition) is 1. The molecule has 1 heterocycles. The number of aliphatic hydroxyl groups is 1. The SMILES string of the molecule is C=CCN(C)c1nc(-c2ccccc2)nc(Cl)c1CO. The van der Waals surface area contributed by atoms with Crippen LogP contribution in [-0.2, 0) is 6.61 Å². The molecule has 1 aromatic carbocycles. The lowest BCUT2D eigenvalue weighted by Crippen LogP contribution is -2.21. The first-order valence-electron chi connectivity index (χ1n) is 6.22. The third kappa shape index (κ3) is 2.98. The molecule has 0 unspecified atom stereocenters. The van der Waals surface area contributed by atoms with Crippen LogP contribution in [0.5, 0.6) is 0 Å². The molecule has 2 rings (SSSR count). The van der Waals surface area contributed by atoms with Crippen molar-refractivity contribution in [3.8, 4) is 11.4 Å². The van der Waals surface area contributed by atoms with Crippen molar-refractivity contribution >= 4 is 17.4 Å². The molecule has 104 valence electrons. The summed E-state index contributed by atoms with van der Waals surface area (Å²) in [6.45, 7) is 4.11. The summed E-state index contributed by atoms with van der Waals surface area (Å²) in [5.41, 5.74) is 1.41. The highest BCUT2D eigenvalue weighted by Crippen LogP contribution is 2.27. The van der Waals surface area contributed by atoms with Crippen LogP contribution >= 0.6 is 11.6 Å². The standard InChI is InChI=1S/C15H16ClN3O/c1-3-9-19(2)15-12(10-20)13(16)17-14(18-15)11-7-5-4-6-8-11/h3-8,20H,1,9-10H2,2H3. The van der Waals surface area contributed by atoms with E-state index in [-0.39, 0.29) is 11.8 Å². The first-order chi connectivity index (χ1) is 9.67. The molecule has 0 aliphatic carbocycles. The van der Waals surface area contributed by atoms with Crippen LogP contribution in [0.25, 0.3) is 11.4 Å². The molecule has 0 spiro atoms. The van der Waals surface area contributed by atoms with Gasteiger partial charge in [-0.3, -0.25) is 0 Å². The fourth-order valence-electron chi connectivity index (χ4n) is 1.89. The Morgan fingerprint density at radius 1 is 1.30 bits per heavy atom. The Labute approximate surface area is 123 Å². The van der Waals surface area contributed by atoms with Crippen LogP contribution in [0.4, 0.5) is 5.82 Å². The van der Waals surface area contributed by atoms with E-state index in [1.807, 2.05) is 42.3 Å². The quantitative estimate of drug-likeness (QED) is 0.679. The zero-order chi connectivity index (χ0) is 14.5. The van der Waals surface area contributed by atoms with Crippen molar-refractivity contribution in [2.75, 3.05) is 18.5 Å². The lowest BCUT2D eigenvalue weighted by Gasteiger charge is -2.20. The van der Waals surface area contributed by atoms with Crippen LogP contribution in [0.15, 0.2) is 43.0 Å². The van der Waals surface area contributed by atoms with E-state index in [9.17, 15) is 5.11 Å². The molecule has 0 radical (unpaired) electrons. The Bertz CT molecular complexity index is 602. The minimum absolute atomic E-state index is 0.204. The van der Waals surface area contributed by atoms with Gasteiger partial charge in [-0.15, -0.1) is 6.58 Å². The normalized spacial score (nSPS) is 10.3. The second kappa shape index (κ2) is 6.50. The predicted molar refractivity (Wildman–Crippen MR) is 81.9 cm³/mol. The van der Waals surface area contributed by atoms with Gasteiger partial charge in [0, 0.05) is 19.2 Å². The van der Waals surface area contributed by atoms with Crippen molar-refractivity contribution in [2.24, 2.45) is 0 Å². The summed E-state index contributed by atoms with van der Waals surface area (Å²) in [5.74, 6) is 1.16. The molecule has 0 atom stereocenters. The fraction of sp³-hybridized carbons (Fsp3) is 0.200. The second-order valence-electron chi connectivity index (χ2n) is 4.33. The van der Waals surface area contributed by atoms with Gasteiger partial charge in [0.1, 0.15) is 11.0 Å². The fourth-order valence-corrected chi connectivity index (χ4v) is 2.12. The Hall–Kier alpha value is -1.91. The zero-order valence-electron chi connectivity index (χ0n) is 11.3. The molecule has 0 fully saturated rings. The molecular weight excluding hydrogens is 274 g/mol. The van der Waals surface area contributed by atoms with E-state index < -0.39 is 0 Å². The third-order valence-electron chi connectivity index (χ3n) is 2.89. The topological polar surface area (TPSA) is 49.2 Å². The summed E-state index contributed by atoms with van der Waals surface area (Å²) in [6.07, 6.45) is 1.76. The van der Waals surface area contributed by atoms with Crippen LogP contribution in [0.2, 0.25) is 5.15 Å². The van der Waals surface area contributed by atoms with E-state index in [1.54, 1.807) is 6.08 Å². The van der Waals surface area contributed by atoms with E-state index in [2.05, 4.69) is 16.5 Å². The number of aromatic nitrogens is 2. The van der Waals surface area contributed by atoms with Gasteiger partial charge in [0.15, 0.2) is 5.82 Å². The molecule has 0 saturated carbocycles. The van der Waals surface area contributed by atoms with Gasteiger partial charge >= 0.3 is 0 Å². The van der Waals surface area contributed by atoms with Crippen LogP contribution in [0.1, 0.15) is 5.56 Å². The maximum Gasteiger partial charge on any atom is 0.163 e. The third-order valence-corrected chi connectivity index (χ3v) is 3.20. The number of nitrogens with zero attached hydrogens (tertiary/aromatic N) is 3. The number of likely N-dealkylation sites (N-methyl/N-ethyl adjacent to an activating group) is 1. The number of benzene rings is 1. The number of aliphatic hydroxyl groups excluding tert-OH is 1. The van der Waals surface area contributed by atoms with Crippen molar-refractivity contribution < 1.29 is 5.11 Å². The van der Waals surface area contributed by atoms with Crippen LogP contribution in [0.3, 0.4) is 0 Å². The van der Waals surface area contributed by atoms with Gasteiger partial charge in [0.05, 0.1) is 12.2 Å². The van der Waals surface area contributed by atoms with E-state index in [0.717, 1.165) is 5.56 Å². The number of halogens is 1. The molecular formula is C15H16ClN3O. The molecule has 5 heteroatoms. The molecule has 1 aromatic heterocycles. The predicted octanol–water partition coefficient (Wildman–Crippen LogP) is 2.91. The van der Waals surface area contributed by atoms with Gasteiger partial charge < -0.3 is 10.0 Å². The Kier molecular flexibility index (Phi) is 4.71. The van der Waals surface area contributed by atoms with Gasteiger partial charge in [-0.2, -0.15) is 0 Å². The summed E-state index contributed by atoms with van der Waals surface area (Å²) >= 11 is 6.17. The molecule has 0 aliphatic heterocycles. The Morgan fingerprint density at radius 2 is 2.00 bits per heavy atom. The smallest absolute Gasteiger partial charge is 0.163 e. The first kappa shape index (κ1) is 14.5. The second-order valence-corrected chi connectivity index (χ2v) is 4.69.